The fourth-order valence-corrected chi connectivity index (χ4v) is 1.42. The van der Waals surface area contributed by atoms with Crippen LogP contribution >= 0.6 is 0 Å². The van der Waals surface area contributed by atoms with Crippen LogP contribution in [0.4, 0.5) is 0 Å². The predicted octanol–water partition coefficient (Wildman–Crippen LogP) is 0.373. The maximum Gasteiger partial charge on any atom is 0.184 e. The van der Waals surface area contributed by atoms with Crippen molar-refractivity contribution in [1.82, 2.24) is 0 Å². The highest BCUT2D eigenvalue weighted by Crippen LogP contribution is 2.00. The second kappa shape index (κ2) is 4.90. The van der Waals surface area contributed by atoms with E-state index in [4.69, 9.17) is 4.43 Å². The molecule has 0 saturated heterocycles. The number of nitrogens with one attached hydrogen (secondary N) is 1. The van der Waals surface area contributed by atoms with Crippen LogP contribution in [0, 0.1) is 0 Å². The molecular weight excluding hydrogens is 154 g/mol. The van der Waals surface area contributed by atoms with Gasteiger partial charge in [-0.15, -0.1) is 0 Å². The van der Waals surface area contributed by atoms with Crippen LogP contribution in [0.15, 0.2) is 0 Å². The Labute approximate surface area is 71.7 Å². The molecule has 3 heteroatoms. The molecule has 0 amide bonds. The molecule has 0 aliphatic rings. The fourth-order valence-electron chi connectivity index (χ4n) is 0.708. The standard InChI is InChI=1S/C8H21NOSi/c1-6-9(2)7-8-10-11(3,4)5/h6-8H2,1-5H3/p+1. The highest BCUT2D eigenvalue weighted by Gasteiger charge is 2.14. The third-order valence-corrected chi connectivity index (χ3v) is 2.74. The lowest BCUT2D eigenvalue weighted by molar-refractivity contribution is -0.877. The first-order chi connectivity index (χ1) is 4.95. The van der Waals surface area contributed by atoms with E-state index in [0.29, 0.717) is 0 Å². The average molecular weight is 176 g/mol. The number of hydrogen-bond acceptors (Lipinski definition) is 1. The zero-order valence-corrected chi connectivity index (χ0v) is 9.53. The first-order valence-corrected chi connectivity index (χ1v) is 7.82. The Kier molecular flexibility index (Phi) is 4.96. The van der Waals surface area contributed by atoms with Gasteiger partial charge in [0.15, 0.2) is 8.32 Å². The Bertz CT molecular complexity index is 101. The molecular formula is C8H22NOSi+. The van der Waals surface area contributed by atoms with E-state index >= 15 is 0 Å². The van der Waals surface area contributed by atoms with Gasteiger partial charge in [-0.1, -0.05) is 0 Å². The third-order valence-electron chi connectivity index (χ3n) is 1.67. The Morgan fingerprint density at radius 1 is 1.27 bits per heavy atom. The largest absolute Gasteiger partial charge is 0.412 e. The highest BCUT2D eigenvalue weighted by atomic mass is 28.4. The number of quaternary nitrogens is 1. The molecule has 0 aliphatic carbocycles. The van der Waals surface area contributed by atoms with E-state index in [1.807, 2.05) is 0 Å². The van der Waals surface area contributed by atoms with Crippen molar-refractivity contribution in [3.63, 3.8) is 0 Å². The molecule has 0 aromatic carbocycles. The van der Waals surface area contributed by atoms with Gasteiger partial charge in [-0.25, -0.2) is 0 Å². The number of rotatable bonds is 5. The van der Waals surface area contributed by atoms with Gasteiger partial charge in [0.1, 0.15) is 0 Å². The van der Waals surface area contributed by atoms with Crippen molar-refractivity contribution in [2.75, 3.05) is 26.7 Å². The first-order valence-electron chi connectivity index (χ1n) is 4.41. The van der Waals surface area contributed by atoms with Gasteiger partial charge in [-0.05, 0) is 26.6 Å². The minimum absolute atomic E-state index is 0.926. The molecule has 2 nitrogen and oxygen atoms in total. The van der Waals surface area contributed by atoms with E-state index in [1.165, 1.54) is 6.54 Å². The molecule has 1 atom stereocenters. The van der Waals surface area contributed by atoms with Crippen molar-refractivity contribution >= 4 is 8.32 Å². The van der Waals surface area contributed by atoms with Gasteiger partial charge in [0, 0.05) is 0 Å². The van der Waals surface area contributed by atoms with Crippen LogP contribution in [0.25, 0.3) is 0 Å². The maximum absolute atomic E-state index is 5.72. The van der Waals surface area contributed by atoms with Gasteiger partial charge in [0.05, 0.1) is 26.7 Å². The Balaban J connectivity index is 3.28. The number of hydrogen-bond donors (Lipinski definition) is 1. The summed E-state index contributed by atoms with van der Waals surface area (Å²) in [4.78, 5) is 1.54. The van der Waals surface area contributed by atoms with Gasteiger partial charge in [-0.3, -0.25) is 0 Å². The molecule has 0 heterocycles. The van der Waals surface area contributed by atoms with Crippen LogP contribution in [-0.2, 0) is 4.43 Å². The van der Waals surface area contributed by atoms with E-state index in [1.54, 1.807) is 4.90 Å². The zero-order valence-electron chi connectivity index (χ0n) is 8.53. The van der Waals surface area contributed by atoms with Crippen molar-refractivity contribution in [3.8, 4) is 0 Å². The molecule has 1 unspecified atom stereocenters. The fraction of sp³-hybridized carbons (Fsp3) is 1.00. The molecule has 0 rings (SSSR count). The van der Waals surface area contributed by atoms with Crippen LogP contribution in [0.5, 0.6) is 0 Å². The summed E-state index contributed by atoms with van der Waals surface area (Å²) < 4.78 is 5.72. The molecule has 0 fully saturated rings. The molecule has 0 aliphatic heterocycles. The molecule has 0 aromatic heterocycles. The van der Waals surface area contributed by atoms with Gasteiger partial charge < -0.3 is 9.33 Å². The lowest BCUT2D eigenvalue weighted by Gasteiger charge is -2.18. The minimum atomic E-state index is -1.25. The summed E-state index contributed by atoms with van der Waals surface area (Å²) in [5.41, 5.74) is 0. The first kappa shape index (κ1) is 11.1. The van der Waals surface area contributed by atoms with Crippen LogP contribution in [-0.4, -0.2) is 35.1 Å². The lowest BCUT2D eigenvalue weighted by atomic mass is 10.6. The van der Waals surface area contributed by atoms with Crippen molar-refractivity contribution in [2.45, 2.75) is 26.6 Å². The molecule has 0 saturated carbocycles. The molecule has 0 bridgehead atoms. The topological polar surface area (TPSA) is 13.7 Å². The Morgan fingerprint density at radius 3 is 2.18 bits per heavy atom. The summed E-state index contributed by atoms with van der Waals surface area (Å²) in [5.74, 6) is 0. The second-order valence-corrected chi connectivity index (χ2v) is 8.53. The average Bonchev–Trinajstić information content (AvgIpc) is 1.85. The highest BCUT2D eigenvalue weighted by molar-refractivity contribution is 6.69. The Hall–Kier alpha value is 0.137. The molecule has 11 heavy (non-hydrogen) atoms. The summed E-state index contributed by atoms with van der Waals surface area (Å²) in [5, 5.41) is 0. The van der Waals surface area contributed by atoms with Gasteiger partial charge in [0.25, 0.3) is 0 Å². The maximum atomic E-state index is 5.72. The minimum Gasteiger partial charge on any atom is -0.412 e. The second-order valence-electron chi connectivity index (χ2n) is 4.02. The van der Waals surface area contributed by atoms with Crippen molar-refractivity contribution in [1.29, 1.82) is 0 Å². The predicted molar refractivity (Wildman–Crippen MR) is 51.6 cm³/mol. The van der Waals surface area contributed by atoms with E-state index in [0.717, 1.165) is 13.2 Å². The normalized spacial score (nSPS) is 15.0. The van der Waals surface area contributed by atoms with E-state index in [2.05, 4.69) is 33.6 Å². The summed E-state index contributed by atoms with van der Waals surface area (Å²) in [6, 6.07) is 0. The van der Waals surface area contributed by atoms with Gasteiger partial charge in [-0.2, -0.15) is 0 Å². The molecule has 0 radical (unpaired) electrons. The summed E-state index contributed by atoms with van der Waals surface area (Å²) >= 11 is 0. The summed E-state index contributed by atoms with van der Waals surface area (Å²) in [7, 11) is 0.952. The van der Waals surface area contributed by atoms with Crippen LogP contribution in [0.2, 0.25) is 19.6 Å². The monoisotopic (exact) mass is 176 g/mol. The zero-order chi connectivity index (χ0) is 8.91. The third kappa shape index (κ3) is 8.04. The number of likely N-dealkylation sites (N-methyl/N-ethyl adjacent to an activating group) is 1. The Morgan fingerprint density at radius 2 is 1.82 bits per heavy atom. The van der Waals surface area contributed by atoms with Gasteiger partial charge >= 0.3 is 0 Å². The smallest absolute Gasteiger partial charge is 0.184 e. The molecule has 68 valence electrons. The van der Waals surface area contributed by atoms with E-state index in [9.17, 15) is 0 Å². The van der Waals surface area contributed by atoms with E-state index < -0.39 is 8.32 Å². The van der Waals surface area contributed by atoms with Crippen molar-refractivity contribution in [2.24, 2.45) is 0 Å². The van der Waals surface area contributed by atoms with Crippen LogP contribution in [0.3, 0.4) is 0 Å². The molecule has 0 spiro atoms. The van der Waals surface area contributed by atoms with Crippen molar-refractivity contribution < 1.29 is 9.33 Å². The van der Waals surface area contributed by atoms with E-state index in [-0.39, 0.29) is 0 Å². The molecule has 0 aromatic rings. The SMILES string of the molecule is CC[NH+](C)CCO[Si](C)(C)C. The lowest BCUT2D eigenvalue weighted by Crippen LogP contribution is -3.09. The van der Waals surface area contributed by atoms with Crippen molar-refractivity contribution in [3.05, 3.63) is 0 Å². The van der Waals surface area contributed by atoms with Crippen LogP contribution < -0.4 is 4.90 Å². The van der Waals surface area contributed by atoms with Crippen LogP contribution in [0.1, 0.15) is 6.92 Å². The molecule has 1 N–H and O–H groups in total. The van der Waals surface area contributed by atoms with Gasteiger partial charge in [0.2, 0.25) is 0 Å². The summed E-state index contributed by atoms with van der Waals surface area (Å²) in [6.45, 7) is 12.1. The quantitative estimate of drug-likeness (QED) is 0.598. The summed E-state index contributed by atoms with van der Waals surface area (Å²) in [6.07, 6.45) is 0.